The Morgan fingerprint density at radius 3 is 2.83 bits per heavy atom. The van der Waals surface area contributed by atoms with Crippen molar-refractivity contribution in [2.75, 3.05) is 5.73 Å². The monoisotopic (exact) mass is 265 g/mol. The molecule has 0 spiro atoms. The van der Waals surface area contributed by atoms with E-state index in [1.54, 1.807) is 10.7 Å². The van der Waals surface area contributed by atoms with Crippen LogP contribution in [0.2, 0.25) is 5.15 Å². The van der Waals surface area contributed by atoms with Crippen molar-refractivity contribution >= 4 is 23.1 Å². The van der Waals surface area contributed by atoms with E-state index in [9.17, 15) is 0 Å². The van der Waals surface area contributed by atoms with Crippen LogP contribution in [-0.4, -0.2) is 19.6 Å². The average molecular weight is 266 g/mol. The molecular formula is C12H16ClN5. The zero-order chi connectivity index (χ0) is 12.8. The molecule has 2 N–H and O–H groups in total. The van der Waals surface area contributed by atoms with Gasteiger partial charge in [0.1, 0.15) is 11.3 Å². The molecule has 96 valence electrons. The Morgan fingerprint density at radius 2 is 2.17 bits per heavy atom. The van der Waals surface area contributed by atoms with Crippen LogP contribution in [0, 0.1) is 0 Å². The van der Waals surface area contributed by atoms with Crippen LogP contribution in [0.15, 0.2) is 6.20 Å². The van der Waals surface area contributed by atoms with Crippen LogP contribution >= 0.6 is 11.6 Å². The van der Waals surface area contributed by atoms with Crippen molar-refractivity contribution in [3.05, 3.63) is 17.2 Å². The van der Waals surface area contributed by atoms with Gasteiger partial charge in [0.15, 0.2) is 5.15 Å². The molecule has 0 unspecified atom stereocenters. The largest absolute Gasteiger partial charge is 0.367 e. The predicted octanol–water partition coefficient (Wildman–Crippen LogP) is 2.58. The number of halogens is 1. The summed E-state index contributed by atoms with van der Waals surface area (Å²) in [4.78, 5) is 8.50. The maximum Gasteiger partial charge on any atom is 0.238 e. The summed E-state index contributed by atoms with van der Waals surface area (Å²) in [6.07, 6.45) is 7.44. The third-order valence-corrected chi connectivity index (χ3v) is 4.36. The lowest BCUT2D eigenvalue weighted by molar-refractivity contribution is 0.391. The molecule has 3 rings (SSSR count). The third-order valence-electron chi connectivity index (χ3n) is 4.08. The highest BCUT2D eigenvalue weighted by Gasteiger charge is 2.38. The molecule has 1 fully saturated rings. The van der Waals surface area contributed by atoms with E-state index in [1.807, 2.05) is 0 Å². The lowest BCUT2D eigenvalue weighted by Gasteiger charge is -2.25. The van der Waals surface area contributed by atoms with Gasteiger partial charge >= 0.3 is 0 Å². The number of nitrogens with zero attached hydrogens (tertiary/aromatic N) is 4. The maximum atomic E-state index is 6.17. The van der Waals surface area contributed by atoms with E-state index in [1.165, 1.54) is 12.8 Å². The number of fused-ring (bicyclic) bond motifs is 1. The van der Waals surface area contributed by atoms with Crippen LogP contribution in [0.25, 0.3) is 5.52 Å². The van der Waals surface area contributed by atoms with Crippen molar-refractivity contribution in [3.63, 3.8) is 0 Å². The second-order valence-corrected chi connectivity index (χ2v) is 5.34. The summed E-state index contributed by atoms with van der Waals surface area (Å²) in [5.41, 5.74) is 6.50. The van der Waals surface area contributed by atoms with E-state index >= 15 is 0 Å². The van der Waals surface area contributed by atoms with Crippen molar-refractivity contribution < 1.29 is 0 Å². The van der Waals surface area contributed by atoms with Gasteiger partial charge in [-0.15, -0.1) is 5.10 Å². The van der Waals surface area contributed by atoms with Gasteiger partial charge in [0.05, 0.1) is 6.20 Å². The number of nitrogens with two attached hydrogens (primary N) is 1. The number of hydrogen-bond acceptors (Lipinski definition) is 4. The average Bonchev–Trinajstić information content (AvgIpc) is 2.95. The Bertz CT molecular complexity index is 585. The van der Waals surface area contributed by atoms with Crippen LogP contribution in [-0.2, 0) is 5.41 Å². The summed E-state index contributed by atoms with van der Waals surface area (Å²) >= 11 is 6.17. The number of aromatic nitrogens is 4. The number of rotatable bonds is 2. The highest BCUT2D eigenvalue weighted by Crippen LogP contribution is 2.43. The number of hydrogen-bond donors (Lipinski definition) is 1. The van der Waals surface area contributed by atoms with Crippen molar-refractivity contribution in [1.29, 1.82) is 0 Å². The topological polar surface area (TPSA) is 69.1 Å². The van der Waals surface area contributed by atoms with Gasteiger partial charge in [-0.25, -0.2) is 14.5 Å². The second-order valence-electron chi connectivity index (χ2n) is 4.98. The van der Waals surface area contributed by atoms with Gasteiger partial charge in [0, 0.05) is 5.41 Å². The molecule has 0 atom stereocenters. The van der Waals surface area contributed by atoms with Crippen LogP contribution < -0.4 is 5.73 Å². The van der Waals surface area contributed by atoms with E-state index in [0.29, 0.717) is 5.15 Å². The van der Waals surface area contributed by atoms with E-state index in [0.717, 1.165) is 30.6 Å². The highest BCUT2D eigenvalue weighted by molar-refractivity contribution is 6.32. The molecule has 0 aromatic carbocycles. The first-order valence-corrected chi connectivity index (χ1v) is 6.71. The molecule has 0 aliphatic heterocycles. The molecule has 5 nitrogen and oxygen atoms in total. The zero-order valence-corrected chi connectivity index (χ0v) is 11.1. The Hall–Kier alpha value is -1.36. The maximum absolute atomic E-state index is 6.17. The van der Waals surface area contributed by atoms with Gasteiger partial charge < -0.3 is 5.73 Å². The van der Waals surface area contributed by atoms with Crippen LogP contribution in [0.5, 0.6) is 0 Å². The van der Waals surface area contributed by atoms with Crippen molar-refractivity contribution in [3.8, 4) is 0 Å². The number of anilines is 1. The Morgan fingerprint density at radius 1 is 1.44 bits per heavy atom. The smallest absolute Gasteiger partial charge is 0.238 e. The molecule has 18 heavy (non-hydrogen) atoms. The predicted molar refractivity (Wildman–Crippen MR) is 70.6 cm³/mol. The SMILES string of the molecule is CCC1(c2nc(Cl)c3cnc(N)nn23)CCCC1. The van der Waals surface area contributed by atoms with Gasteiger partial charge in [0.25, 0.3) is 0 Å². The minimum Gasteiger partial charge on any atom is -0.367 e. The van der Waals surface area contributed by atoms with Gasteiger partial charge in [-0.2, -0.15) is 0 Å². The summed E-state index contributed by atoms with van der Waals surface area (Å²) in [6.45, 7) is 2.20. The normalized spacial score (nSPS) is 18.6. The fourth-order valence-electron chi connectivity index (χ4n) is 2.99. The summed E-state index contributed by atoms with van der Waals surface area (Å²) in [5, 5.41) is 4.73. The van der Waals surface area contributed by atoms with Gasteiger partial charge in [-0.05, 0) is 19.3 Å². The van der Waals surface area contributed by atoms with E-state index in [2.05, 4.69) is 22.0 Å². The fourth-order valence-corrected chi connectivity index (χ4v) is 3.20. The molecule has 2 aromatic heterocycles. The molecule has 0 bridgehead atoms. The van der Waals surface area contributed by atoms with Crippen molar-refractivity contribution in [2.24, 2.45) is 0 Å². The van der Waals surface area contributed by atoms with E-state index < -0.39 is 0 Å². The number of nitrogen functional groups attached to an aromatic ring is 1. The molecule has 0 saturated heterocycles. The Kier molecular flexibility index (Phi) is 2.66. The first-order valence-electron chi connectivity index (χ1n) is 6.33. The molecule has 6 heteroatoms. The fraction of sp³-hybridized carbons (Fsp3) is 0.583. The summed E-state index contributed by atoms with van der Waals surface area (Å²) in [6, 6.07) is 0. The van der Waals surface area contributed by atoms with E-state index in [4.69, 9.17) is 17.3 Å². The lowest BCUT2D eigenvalue weighted by atomic mass is 9.82. The minimum atomic E-state index is 0.0941. The molecule has 0 amide bonds. The van der Waals surface area contributed by atoms with Crippen molar-refractivity contribution in [2.45, 2.75) is 44.4 Å². The van der Waals surface area contributed by atoms with Gasteiger partial charge in [0.2, 0.25) is 5.95 Å². The van der Waals surface area contributed by atoms with Gasteiger partial charge in [-0.1, -0.05) is 31.4 Å². The van der Waals surface area contributed by atoms with Crippen LogP contribution in [0.4, 0.5) is 5.95 Å². The van der Waals surface area contributed by atoms with Crippen LogP contribution in [0.1, 0.15) is 44.9 Å². The third kappa shape index (κ3) is 1.57. The first kappa shape index (κ1) is 11.7. The second kappa shape index (κ2) is 4.09. The number of imidazole rings is 1. The molecule has 0 radical (unpaired) electrons. The van der Waals surface area contributed by atoms with E-state index in [-0.39, 0.29) is 11.4 Å². The molecule has 2 aromatic rings. The molecular weight excluding hydrogens is 250 g/mol. The molecule has 1 aliphatic rings. The lowest BCUT2D eigenvalue weighted by Crippen LogP contribution is -2.25. The molecule has 2 heterocycles. The molecule has 1 saturated carbocycles. The highest BCUT2D eigenvalue weighted by atomic mass is 35.5. The summed E-state index contributed by atoms with van der Waals surface area (Å²) in [7, 11) is 0. The Balaban J connectivity index is 2.25. The minimum absolute atomic E-state index is 0.0941. The standard InChI is InChI=1S/C12H16ClN5/c1-2-12(5-3-4-6-12)10-16-9(13)8-7-15-11(14)17-18(8)10/h7H,2-6H2,1H3,(H2,14,17). The summed E-state index contributed by atoms with van der Waals surface area (Å²) < 4.78 is 1.78. The summed E-state index contributed by atoms with van der Waals surface area (Å²) in [5.74, 6) is 1.19. The van der Waals surface area contributed by atoms with Crippen LogP contribution in [0.3, 0.4) is 0 Å². The molecule has 1 aliphatic carbocycles. The van der Waals surface area contributed by atoms with Crippen molar-refractivity contribution in [1.82, 2.24) is 19.6 Å². The zero-order valence-electron chi connectivity index (χ0n) is 10.4. The first-order chi connectivity index (χ1) is 8.66. The Labute approximate surface area is 110 Å². The quantitative estimate of drug-likeness (QED) is 0.906. The van der Waals surface area contributed by atoms with Gasteiger partial charge in [-0.3, -0.25) is 0 Å².